The van der Waals surface area contributed by atoms with Crippen LogP contribution in [0, 0.1) is 0 Å². The van der Waals surface area contributed by atoms with Gasteiger partial charge in [-0.25, -0.2) is 0 Å². The summed E-state index contributed by atoms with van der Waals surface area (Å²) < 4.78 is 4.94. The Morgan fingerprint density at radius 3 is 3.11 bits per heavy atom. The van der Waals surface area contributed by atoms with E-state index in [1.54, 1.807) is 0 Å². The first-order valence-corrected chi connectivity index (χ1v) is 6.71. The van der Waals surface area contributed by atoms with Gasteiger partial charge in [0.1, 0.15) is 0 Å². The van der Waals surface area contributed by atoms with Crippen molar-refractivity contribution in [3.8, 4) is 0 Å². The van der Waals surface area contributed by atoms with Crippen molar-refractivity contribution in [3.05, 3.63) is 34.9 Å². The summed E-state index contributed by atoms with van der Waals surface area (Å²) in [5, 5.41) is 3.45. The molecule has 1 aliphatic heterocycles. The molecule has 0 fully saturated rings. The van der Waals surface area contributed by atoms with E-state index in [-0.39, 0.29) is 5.97 Å². The first-order chi connectivity index (χ1) is 8.70. The predicted molar refractivity (Wildman–Crippen MR) is 71.5 cm³/mol. The van der Waals surface area contributed by atoms with Crippen LogP contribution in [0.2, 0.25) is 0 Å². The summed E-state index contributed by atoms with van der Waals surface area (Å²) in [4.78, 5) is 11.3. The maximum atomic E-state index is 11.3. The van der Waals surface area contributed by atoms with Crippen molar-refractivity contribution in [2.75, 3.05) is 13.2 Å². The van der Waals surface area contributed by atoms with Crippen molar-refractivity contribution < 1.29 is 9.53 Å². The van der Waals surface area contributed by atoms with Gasteiger partial charge in [0, 0.05) is 12.5 Å². The molecule has 1 unspecified atom stereocenters. The molecule has 1 N–H and O–H groups in total. The second-order valence-electron chi connectivity index (χ2n) is 4.76. The third kappa shape index (κ3) is 3.10. The number of fused-ring (bicyclic) bond motifs is 1. The Labute approximate surface area is 109 Å². The smallest absolute Gasteiger partial charge is 0.306 e. The fourth-order valence-corrected chi connectivity index (χ4v) is 2.47. The van der Waals surface area contributed by atoms with Crippen LogP contribution >= 0.6 is 0 Å². The van der Waals surface area contributed by atoms with Crippen LogP contribution in [0.3, 0.4) is 0 Å². The van der Waals surface area contributed by atoms with Crippen LogP contribution in [-0.4, -0.2) is 19.1 Å². The third-order valence-corrected chi connectivity index (χ3v) is 3.44. The van der Waals surface area contributed by atoms with Crippen LogP contribution in [0.15, 0.2) is 18.2 Å². The number of esters is 1. The summed E-state index contributed by atoms with van der Waals surface area (Å²) in [6.07, 6.45) is 2.32. The van der Waals surface area contributed by atoms with E-state index in [0.29, 0.717) is 19.1 Å². The van der Waals surface area contributed by atoms with Gasteiger partial charge in [0.25, 0.3) is 0 Å². The van der Waals surface area contributed by atoms with Gasteiger partial charge in [-0.3, -0.25) is 4.79 Å². The van der Waals surface area contributed by atoms with Crippen LogP contribution in [0.4, 0.5) is 0 Å². The molecule has 0 aliphatic carbocycles. The highest BCUT2D eigenvalue weighted by Crippen LogP contribution is 2.23. The van der Waals surface area contributed by atoms with E-state index < -0.39 is 0 Å². The van der Waals surface area contributed by atoms with E-state index in [9.17, 15) is 4.79 Å². The highest BCUT2D eigenvalue weighted by Gasteiger charge is 2.15. The number of rotatable bonds is 4. The highest BCUT2D eigenvalue weighted by atomic mass is 16.5. The first-order valence-electron chi connectivity index (χ1n) is 6.71. The maximum Gasteiger partial charge on any atom is 0.306 e. The molecule has 1 aromatic rings. The summed E-state index contributed by atoms with van der Waals surface area (Å²) in [7, 11) is 0. The molecule has 0 saturated heterocycles. The average molecular weight is 247 g/mol. The van der Waals surface area contributed by atoms with Gasteiger partial charge in [0.05, 0.1) is 6.61 Å². The van der Waals surface area contributed by atoms with Gasteiger partial charge in [-0.15, -0.1) is 0 Å². The number of carbonyl (C=O) groups excluding carboxylic acids is 1. The van der Waals surface area contributed by atoms with Gasteiger partial charge in [-0.1, -0.05) is 18.2 Å². The quantitative estimate of drug-likeness (QED) is 0.830. The highest BCUT2D eigenvalue weighted by molar-refractivity contribution is 5.69. The number of ether oxygens (including phenoxy) is 1. The molecule has 3 heteroatoms. The Morgan fingerprint density at radius 1 is 1.50 bits per heavy atom. The summed E-state index contributed by atoms with van der Waals surface area (Å²) in [5.74, 6) is -0.106. The molecule has 0 aromatic heterocycles. The van der Waals surface area contributed by atoms with E-state index in [1.807, 2.05) is 6.92 Å². The normalized spacial score (nSPS) is 18.2. The van der Waals surface area contributed by atoms with E-state index in [4.69, 9.17) is 4.74 Å². The average Bonchev–Trinajstić information content (AvgIpc) is 2.37. The van der Waals surface area contributed by atoms with Gasteiger partial charge >= 0.3 is 5.97 Å². The Hall–Kier alpha value is -1.35. The molecular formula is C15H21NO2. The summed E-state index contributed by atoms with van der Waals surface area (Å²) in [6.45, 7) is 5.53. The van der Waals surface area contributed by atoms with Gasteiger partial charge in [-0.05, 0) is 49.9 Å². The predicted octanol–water partition coefficient (Wildman–Crippen LogP) is 2.39. The fraction of sp³-hybridized carbons (Fsp3) is 0.533. The Balaban J connectivity index is 2.00. The van der Waals surface area contributed by atoms with Crippen molar-refractivity contribution in [3.63, 3.8) is 0 Å². The zero-order valence-electron chi connectivity index (χ0n) is 11.2. The van der Waals surface area contributed by atoms with Gasteiger partial charge in [-0.2, -0.15) is 0 Å². The number of carbonyl (C=O) groups is 1. The minimum Gasteiger partial charge on any atom is -0.466 e. The Morgan fingerprint density at radius 2 is 2.33 bits per heavy atom. The number of hydrogen-bond acceptors (Lipinski definition) is 3. The fourth-order valence-electron chi connectivity index (χ4n) is 2.47. The lowest BCUT2D eigenvalue weighted by molar-refractivity contribution is -0.143. The molecule has 0 amide bonds. The monoisotopic (exact) mass is 247 g/mol. The molecule has 3 nitrogen and oxygen atoms in total. The van der Waals surface area contributed by atoms with Crippen molar-refractivity contribution in [2.45, 2.75) is 39.2 Å². The van der Waals surface area contributed by atoms with E-state index in [0.717, 1.165) is 19.4 Å². The molecule has 1 atom stereocenters. The summed E-state index contributed by atoms with van der Waals surface area (Å²) in [6, 6.07) is 6.99. The second kappa shape index (κ2) is 6.01. The van der Waals surface area contributed by atoms with Crippen molar-refractivity contribution >= 4 is 5.97 Å². The van der Waals surface area contributed by atoms with Crippen LogP contribution in [0.25, 0.3) is 0 Å². The minimum absolute atomic E-state index is 0.106. The van der Waals surface area contributed by atoms with E-state index in [1.165, 1.54) is 16.7 Å². The van der Waals surface area contributed by atoms with Crippen molar-refractivity contribution in [1.82, 2.24) is 5.32 Å². The standard InChI is InChI=1S/C15H21NO2/c1-3-18-15(17)7-5-12-4-6-14-11(2)16-9-8-13(14)10-12/h4,6,10-11,16H,3,5,7-9H2,1-2H3. The Kier molecular flexibility index (Phi) is 4.37. The zero-order valence-corrected chi connectivity index (χ0v) is 11.2. The van der Waals surface area contributed by atoms with Crippen molar-refractivity contribution in [2.24, 2.45) is 0 Å². The molecule has 0 radical (unpaired) electrons. The molecule has 1 heterocycles. The molecule has 2 rings (SSSR count). The Bertz CT molecular complexity index is 429. The van der Waals surface area contributed by atoms with E-state index in [2.05, 4.69) is 30.4 Å². The topological polar surface area (TPSA) is 38.3 Å². The number of benzene rings is 1. The van der Waals surface area contributed by atoms with Gasteiger partial charge in [0.2, 0.25) is 0 Å². The molecule has 1 aliphatic rings. The number of nitrogens with one attached hydrogen (secondary N) is 1. The van der Waals surface area contributed by atoms with Crippen LogP contribution in [0.1, 0.15) is 43.0 Å². The minimum atomic E-state index is -0.106. The zero-order chi connectivity index (χ0) is 13.0. The second-order valence-corrected chi connectivity index (χ2v) is 4.76. The lowest BCUT2D eigenvalue weighted by atomic mass is 9.92. The van der Waals surface area contributed by atoms with E-state index >= 15 is 0 Å². The summed E-state index contributed by atoms with van der Waals surface area (Å²) in [5.41, 5.74) is 4.04. The molecule has 1 aromatic carbocycles. The number of aryl methyl sites for hydroxylation is 1. The largest absolute Gasteiger partial charge is 0.466 e. The van der Waals surface area contributed by atoms with Crippen LogP contribution in [-0.2, 0) is 22.4 Å². The molecular weight excluding hydrogens is 226 g/mol. The van der Waals surface area contributed by atoms with Crippen LogP contribution < -0.4 is 5.32 Å². The first kappa shape index (κ1) is 13.1. The van der Waals surface area contributed by atoms with Gasteiger partial charge in [0.15, 0.2) is 0 Å². The van der Waals surface area contributed by atoms with Crippen molar-refractivity contribution in [1.29, 1.82) is 0 Å². The lowest BCUT2D eigenvalue weighted by Gasteiger charge is -2.24. The molecule has 0 bridgehead atoms. The molecule has 0 spiro atoms. The van der Waals surface area contributed by atoms with Gasteiger partial charge < -0.3 is 10.1 Å². The molecule has 18 heavy (non-hydrogen) atoms. The molecule has 0 saturated carbocycles. The number of hydrogen-bond donors (Lipinski definition) is 1. The maximum absolute atomic E-state index is 11.3. The molecule has 98 valence electrons. The summed E-state index contributed by atoms with van der Waals surface area (Å²) >= 11 is 0. The SMILES string of the molecule is CCOC(=O)CCc1ccc2c(c1)CCNC2C. The third-order valence-electron chi connectivity index (χ3n) is 3.44. The van der Waals surface area contributed by atoms with Crippen LogP contribution in [0.5, 0.6) is 0 Å². The lowest BCUT2D eigenvalue weighted by Crippen LogP contribution is -2.27.